The number of para-hydroxylation sites is 1. The van der Waals surface area contributed by atoms with Crippen LogP contribution in [-0.2, 0) is 13.0 Å². The van der Waals surface area contributed by atoms with Crippen molar-refractivity contribution in [1.29, 1.82) is 0 Å². The highest BCUT2D eigenvalue weighted by atomic mass is 16.3. The van der Waals surface area contributed by atoms with Gasteiger partial charge in [0, 0.05) is 18.8 Å². The van der Waals surface area contributed by atoms with Crippen molar-refractivity contribution in [3.63, 3.8) is 0 Å². The van der Waals surface area contributed by atoms with Crippen molar-refractivity contribution in [2.75, 3.05) is 11.4 Å². The number of phenols is 1. The summed E-state index contributed by atoms with van der Waals surface area (Å²) in [5.41, 5.74) is 4.88. The molecule has 2 heteroatoms. The quantitative estimate of drug-likeness (QED) is 0.883. The summed E-state index contributed by atoms with van der Waals surface area (Å²) in [6.07, 6.45) is 2.38. The van der Waals surface area contributed by atoms with Crippen molar-refractivity contribution in [3.05, 3.63) is 59.2 Å². The van der Waals surface area contributed by atoms with E-state index in [0.29, 0.717) is 5.75 Å². The first-order valence-electron chi connectivity index (χ1n) is 6.85. The zero-order valence-electron chi connectivity index (χ0n) is 11.3. The van der Waals surface area contributed by atoms with Crippen LogP contribution in [0.15, 0.2) is 42.5 Å². The third-order valence-corrected chi connectivity index (χ3v) is 3.85. The zero-order chi connectivity index (χ0) is 13.2. The van der Waals surface area contributed by atoms with Gasteiger partial charge in [0.15, 0.2) is 0 Å². The Hall–Kier alpha value is -1.96. The fraction of sp³-hybridized carbons (Fsp3) is 0.294. The van der Waals surface area contributed by atoms with E-state index < -0.39 is 0 Å². The number of aryl methyl sites for hydroxylation is 2. The maximum atomic E-state index is 9.81. The Labute approximate surface area is 114 Å². The van der Waals surface area contributed by atoms with Crippen LogP contribution in [0.4, 0.5) is 5.69 Å². The standard InChI is InChI=1S/C17H19NO/c1-13-8-9-14(11-17(13)19)12-18-10-4-6-15-5-2-3-7-16(15)18/h2-3,5,7-9,11,19H,4,6,10,12H2,1H3. The van der Waals surface area contributed by atoms with Crippen molar-refractivity contribution in [1.82, 2.24) is 0 Å². The van der Waals surface area contributed by atoms with Crippen molar-refractivity contribution < 1.29 is 5.11 Å². The molecule has 1 aliphatic rings. The highest BCUT2D eigenvalue weighted by molar-refractivity contribution is 5.56. The van der Waals surface area contributed by atoms with E-state index >= 15 is 0 Å². The fourth-order valence-electron chi connectivity index (χ4n) is 2.75. The third-order valence-electron chi connectivity index (χ3n) is 3.85. The third kappa shape index (κ3) is 2.43. The highest BCUT2D eigenvalue weighted by Gasteiger charge is 2.16. The molecule has 2 aromatic carbocycles. The van der Waals surface area contributed by atoms with Gasteiger partial charge in [0.1, 0.15) is 5.75 Å². The highest BCUT2D eigenvalue weighted by Crippen LogP contribution is 2.28. The second-order valence-electron chi connectivity index (χ2n) is 5.27. The van der Waals surface area contributed by atoms with Crippen molar-refractivity contribution in [3.8, 4) is 5.75 Å². The van der Waals surface area contributed by atoms with Crippen molar-refractivity contribution in [2.24, 2.45) is 0 Å². The second kappa shape index (κ2) is 4.96. The van der Waals surface area contributed by atoms with Gasteiger partial charge in [-0.25, -0.2) is 0 Å². The number of phenolic OH excluding ortho intramolecular Hbond substituents is 1. The smallest absolute Gasteiger partial charge is 0.118 e. The number of rotatable bonds is 2. The first kappa shape index (κ1) is 12.1. The minimum atomic E-state index is 0.391. The van der Waals surface area contributed by atoms with Crippen LogP contribution in [0.25, 0.3) is 0 Å². The summed E-state index contributed by atoms with van der Waals surface area (Å²) in [7, 11) is 0. The average molecular weight is 253 g/mol. The number of anilines is 1. The molecule has 0 saturated carbocycles. The van der Waals surface area contributed by atoms with Gasteiger partial charge in [0.25, 0.3) is 0 Å². The van der Waals surface area contributed by atoms with Crippen LogP contribution < -0.4 is 4.90 Å². The van der Waals surface area contributed by atoms with E-state index in [0.717, 1.165) is 18.7 Å². The Morgan fingerprint density at radius 2 is 2.00 bits per heavy atom. The lowest BCUT2D eigenvalue weighted by molar-refractivity contribution is 0.470. The van der Waals surface area contributed by atoms with Crippen LogP contribution in [-0.4, -0.2) is 11.7 Å². The lowest BCUT2D eigenvalue weighted by atomic mass is 10.0. The van der Waals surface area contributed by atoms with Gasteiger partial charge < -0.3 is 10.0 Å². The van der Waals surface area contributed by atoms with Gasteiger partial charge >= 0.3 is 0 Å². The van der Waals surface area contributed by atoms with E-state index in [1.807, 2.05) is 19.1 Å². The topological polar surface area (TPSA) is 23.5 Å². The average Bonchev–Trinajstić information content (AvgIpc) is 2.43. The lowest BCUT2D eigenvalue weighted by Gasteiger charge is -2.31. The molecule has 0 spiro atoms. The molecule has 98 valence electrons. The molecular weight excluding hydrogens is 234 g/mol. The molecule has 19 heavy (non-hydrogen) atoms. The van der Waals surface area contributed by atoms with E-state index in [2.05, 4.69) is 35.2 Å². The Kier molecular flexibility index (Phi) is 3.16. The van der Waals surface area contributed by atoms with E-state index in [4.69, 9.17) is 0 Å². The van der Waals surface area contributed by atoms with Gasteiger partial charge in [-0.3, -0.25) is 0 Å². The predicted octanol–water partition coefficient (Wildman–Crippen LogP) is 3.65. The molecule has 1 heterocycles. The van der Waals surface area contributed by atoms with E-state index in [9.17, 15) is 5.11 Å². The van der Waals surface area contributed by atoms with Gasteiger partial charge in [-0.15, -0.1) is 0 Å². The summed E-state index contributed by atoms with van der Waals surface area (Å²) in [5.74, 6) is 0.391. The maximum absolute atomic E-state index is 9.81. The summed E-state index contributed by atoms with van der Waals surface area (Å²) < 4.78 is 0. The minimum absolute atomic E-state index is 0.391. The monoisotopic (exact) mass is 253 g/mol. The van der Waals surface area contributed by atoms with Crippen LogP contribution in [0.1, 0.15) is 23.1 Å². The number of fused-ring (bicyclic) bond motifs is 1. The Balaban J connectivity index is 1.86. The number of hydrogen-bond donors (Lipinski definition) is 1. The van der Waals surface area contributed by atoms with Crippen molar-refractivity contribution in [2.45, 2.75) is 26.3 Å². The predicted molar refractivity (Wildman–Crippen MR) is 78.7 cm³/mol. The first-order valence-corrected chi connectivity index (χ1v) is 6.85. The van der Waals surface area contributed by atoms with Gasteiger partial charge in [-0.1, -0.05) is 30.3 Å². The number of nitrogens with zero attached hydrogens (tertiary/aromatic N) is 1. The number of benzene rings is 2. The molecule has 0 saturated heterocycles. The molecule has 0 aliphatic carbocycles. The molecule has 0 bridgehead atoms. The number of hydrogen-bond acceptors (Lipinski definition) is 2. The van der Waals surface area contributed by atoms with Crippen LogP contribution in [0, 0.1) is 6.92 Å². The zero-order valence-corrected chi connectivity index (χ0v) is 11.3. The molecule has 0 radical (unpaired) electrons. The Morgan fingerprint density at radius 1 is 1.16 bits per heavy atom. The van der Waals surface area contributed by atoms with Gasteiger partial charge in [0.05, 0.1) is 0 Å². The molecule has 2 aromatic rings. The van der Waals surface area contributed by atoms with E-state index in [-0.39, 0.29) is 0 Å². The summed E-state index contributed by atoms with van der Waals surface area (Å²) in [6.45, 7) is 3.88. The molecule has 0 aromatic heterocycles. The van der Waals surface area contributed by atoms with Gasteiger partial charge in [0.2, 0.25) is 0 Å². The molecule has 2 nitrogen and oxygen atoms in total. The molecule has 0 atom stereocenters. The van der Waals surface area contributed by atoms with E-state index in [1.165, 1.54) is 29.7 Å². The SMILES string of the molecule is Cc1ccc(CN2CCCc3ccccc32)cc1O. The van der Waals surface area contributed by atoms with Crippen LogP contribution in [0.5, 0.6) is 5.75 Å². The molecule has 1 N–H and O–H groups in total. The van der Waals surface area contributed by atoms with Crippen molar-refractivity contribution >= 4 is 5.69 Å². The Bertz CT molecular complexity index is 592. The molecule has 0 fully saturated rings. The fourth-order valence-corrected chi connectivity index (χ4v) is 2.75. The lowest BCUT2D eigenvalue weighted by Crippen LogP contribution is -2.28. The van der Waals surface area contributed by atoms with Crippen LogP contribution >= 0.6 is 0 Å². The molecule has 0 amide bonds. The molecule has 1 aliphatic heterocycles. The van der Waals surface area contributed by atoms with Crippen LogP contribution in [0.2, 0.25) is 0 Å². The van der Waals surface area contributed by atoms with Gasteiger partial charge in [-0.05, 0) is 48.6 Å². The van der Waals surface area contributed by atoms with Gasteiger partial charge in [-0.2, -0.15) is 0 Å². The summed E-state index contributed by atoms with van der Waals surface area (Å²) in [5, 5.41) is 9.81. The van der Waals surface area contributed by atoms with E-state index in [1.54, 1.807) is 0 Å². The first-order chi connectivity index (χ1) is 9.24. The maximum Gasteiger partial charge on any atom is 0.118 e. The summed E-state index contributed by atoms with van der Waals surface area (Å²) >= 11 is 0. The normalized spacial score (nSPS) is 14.3. The van der Waals surface area contributed by atoms with Crippen LogP contribution in [0.3, 0.4) is 0 Å². The minimum Gasteiger partial charge on any atom is -0.508 e. The number of aromatic hydroxyl groups is 1. The Morgan fingerprint density at radius 3 is 2.84 bits per heavy atom. The second-order valence-corrected chi connectivity index (χ2v) is 5.27. The molecule has 0 unspecified atom stereocenters. The molecular formula is C17H19NO. The summed E-state index contributed by atoms with van der Waals surface area (Å²) in [6, 6.07) is 14.6. The summed E-state index contributed by atoms with van der Waals surface area (Å²) in [4.78, 5) is 2.41. The molecule has 3 rings (SSSR count). The largest absolute Gasteiger partial charge is 0.508 e.